The van der Waals surface area contributed by atoms with Crippen LogP contribution in [-0.4, -0.2) is 30.4 Å². The zero-order valence-corrected chi connectivity index (χ0v) is 11.7. The summed E-state index contributed by atoms with van der Waals surface area (Å²) in [5.41, 5.74) is -0.140. The molecule has 0 radical (unpaired) electrons. The molecule has 0 fully saturated rings. The Morgan fingerprint density at radius 2 is 2.11 bits per heavy atom. The number of halogens is 2. The van der Waals surface area contributed by atoms with Gasteiger partial charge in [-0.2, -0.15) is 0 Å². The standard InChI is InChI=1S/C12H14BrFO4/c1-7(2)17-5-6-18-9-4-3-8(12(15)16)10(13)11(9)14/h3-4,7H,5-6H2,1-2H3,(H,15,16). The van der Waals surface area contributed by atoms with Crippen LogP contribution in [0.1, 0.15) is 24.2 Å². The molecule has 100 valence electrons. The molecule has 0 heterocycles. The van der Waals surface area contributed by atoms with E-state index >= 15 is 0 Å². The number of carboxylic acids is 1. The first kappa shape index (κ1) is 14.9. The van der Waals surface area contributed by atoms with E-state index in [1.807, 2.05) is 13.8 Å². The van der Waals surface area contributed by atoms with Gasteiger partial charge in [-0.3, -0.25) is 0 Å². The molecule has 0 bridgehead atoms. The Labute approximate surface area is 113 Å². The van der Waals surface area contributed by atoms with E-state index in [0.29, 0.717) is 6.61 Å². The number of carboxylic acid groups (broad SMARTS) is 1. The van der Waals surface area contributed by atoms with Crippen molar-refractivity contribution in [2.45, 2.75) is 20.0 Å². The van der Waals surface area contributed by atoms with Crippen LogP contribution in [0, 0.1) is 5.82 Å². The molecule has 0 saturated heterocycles. The molecule has 0 spiro atoms. The van der Waals surface area contributed by atoms with E-state index in [1.165, 1.54) is 12.1 Å². The lowest BCUT2D eigenvalue weighted by Gasteiger charge is -2.11. The van der Waals surface area contributed by atoms with Crippen molar-refractivity contribution in [2.24, 2.45) is 0 Å². The fraction of sp³-hybridized carbons (Fsp3) is 0.417. The van der Waals surface area contributed by atoms with Crippen molar-refractivity contribution in [2.75, 3.05) is 13.2 Å². The lowest BCUT2D eigenvalue weighted by molar-refractivity contribution is 0.0543. The van der Waals surface area contributed by atoms with Crippen LogP contribution >= 0.6 is 15.9 Å². The Hall–Kier alpha value is -1.14. The minimum atomic E-state index is -1.20. The molecule has 0 aliphatic heterocycles. The summed E-state index contributed by atoms with van der Waals surface area (Å²) in [4.78, 5) is 10.8. The van der Waals surface area contributed by atoms with E-state index < -0.39 is 11.8 Å². The molecule has 4 nitrogen and oxygen atoms in total. The summed E-state index contributed by atoms with van der Waals surface area (Å²) in [7, 11) is 0. The topological polar surface area (TPSA) is 55.8 Å². The van der Waals surface area contributed by atoms with Gasteiger partial charge in [-0.25, -0.2) is 9.18 Å². The maximum Gasteiger partial charge on any atom is 0.336 e. The highest BCUT2D eigenvalue weighted by Crippen LogP contribution is 2.28. The third-order valence-corrected chi connectivity index (χ3v) is 2.84. The van der Waals surface area contributed by atoms with Crippen molar-refractivity contribution < 1.29 is 23.8 Å². The second-order valence-electron chi connectivity index (χ2n) is 3.81. The molecule has 0 aliphatic carbocycles. The number of rotatable bonds is 6. The summed E-state index contributed by atoms with van der Waals surface area (Å²) in [5, 5.41) is 8.80. The summed E-state index contributed by atoms with van der Waals surface area (Å²) >= 11 is 2.90. The molecule has 18 heavy (non-hydrogen) atoms. The van der Waals surface area contributed by atoms with Gasteiger partial charge in [0.05, 0.1) is 22.7 Å². The van der Waals surface area contributed by atoms with E-state index in [9.17, 15) is 9.18 Å². The molecular formula is C12H14BrFO4. The molecule has 0 unspecified atom stereocenters. The molecule has 1 aromatic carbocycles. The van der Waals surface area contributed by atoms with E-state index in [4.69, 9.17) is 14.6 Å². The number of hydrogen-bond acceptors (Lipinski definition) is 3. The van der Waals surface area contributed by atoms with Gasteiger partial charge in [0.2, 0.25) is 0 Å². The molecular weight excluding hydrogens is 307 g/mol. The van der Waals surface area contributed by atoms with Gasteiger partial charge < -0.3 is 14.6 Å². The first-order chi connectivity index (χ1) is 8.43. The zero-order chi connectivity index (χ0) is 13.7. The van der Waals surface area contributed by atoms with Crippen LogP contribution in [0.15, 0.2) is 16.6 Å². The van der Waals surface area contributed by atoms with Crippen LogP contribution in [-0.2, 0) is 4.74 Å². The van der Waals surface area contributed by atoms with Gasteiger partial charge >= 0.3 is 5.97 Å². The highest BCUT2D eigenvalue weighted by Gasteiger charge is 2.16. The molecule has 0 amide bonds. The minimum Gasteiger partial charge on any atom is -0.488 e. The van der Waals surface area contributed by atoms with Crippen LogP contribution in [0.3, 0.4) is 0 Å². The van der Waals surface area contributed by atoms with Gasteiger partial charge in [0.25, 0.3) is 0 Å². The van der Waals surface area contributed by atoms with Gasteiger partial charge in [-0.15, -0.1) is 0 Å². The molecule has 0 aromatic heterocycles. The summed E-state index contributed by atoms with van der Waals surface area (Å²) < 4.78 is 24.0. The van der Waals surface area contributed by atoms with Gasteiger partial charge in [0, 0.05) is 0 Å². The highest BCUT2D eigenvalue weighted by atomic mass is 79.9. The number of hydrogen-bond donors (Lipinski definition) is 1. The van der Waals surface area contributed by atoms with Gasteiger partial charge in [0.1, 0.15) is 6.61 Å². The predicted molar refractivity (Wildman–Crippen MR) is 67.6 cm³/mol. The third kappa shape index (κ3) is 3.96. The van der Waals surface area contributed by atoms with Gasteiger partial charge in [-0.05, 0) is 41.9 Å². The van der Waals surface area contributed by atoms with Crippen molar-refractivity contribution in [1.82, 2.24) is 0 Å². The Morgan fingerprint density at radius 1 is 1.44 bits per heavy atom. The fourth-order valence-corrected chi connectivity index (χ4v) is 1.74. The fourth-order valence-electron chi connectivity index (χ4n) is 1.24. The summed E-state index contributed by atoms with van der Waals surface area (Å²) in [6.45, 7) is 4.32. The van der Waals surface area contributed by atoms with Crippen molar-refractivity contribution >= 4 is 21.9 Å². The first-order valence-electron chi connectivity index (χ1n) is 5.39. The predicted octanol–water partition coefficient (Wildman–Crippen LogP) is 3.09. The first-order valence-corrected chi connectivity index (χ1v) is 6.18. The molecule has 1 aromatic rings. The lowest BCUT2D eigenvalue weighted by Crippen LogP contribution is -2.12. The molecule has 1 rings (SSSR count). The van der Waals surface area contributed by atoms with Gasteiger partial charge in [-0.1, -0.05) is 0 Å². The maximum absolute atomic E-state index is 13.7. The monoisotopic (exact) mass is 320 g/mol. The Bertz CT molecular complexity index is 434. The minimum absolute atomic E-state index is 0.000712. The van der Waals surface area contributed by atoms with E-state index in [2.05, 4.69) is 15.9 Å². The Morgan fingerprint density at radius 3 is 2.67 bits per heavy atom. The molecule has 6 heteroatoms. The SMILES string of the molecule is CC(C)OCCOc1ccc(C(=O)O)c(Br)c1F. The zero-order valence-electron chi connectivity index (χ0n) is 10.1. The molecule has 1 N–H and O–H groups in total. The average Bonchev–Trinajstić information content (AvgIpc) is 2.29. The van der Waals surface area contributed by atoms with E-state index in [1.54, 1.807) is 0 Å². The van der Waals surface area contributed by atoms with E-state index in [-0.39, 0.29) is 28.5 Å². The van der Waals surface area contributed by atoms with Crippen LogP contribution in [0.4, 0.5) is 4.39 Å². The molecule has 0 atom stereocenters. The largest absolute Gasteiger partial charge is 0.488 e. The number of benzene rings is 1. The highest BCUT2D eigenvalue weighted by molar-refractivity contribution is 9.10. The maximum atomic E-state index is 13.7. The Kier molecular flexibility index (Phi) is 5.55. The smallest absolute Gasteiger partial charge is 0.336 e. The van der Waals surface area contributed by atoms with Crippen LogP contribution in [0.25, 0.3) is 0 Å². The van der Waals surface area contributed by atoms with E-state index in [0.717, 1.165) is 0 Å². The summed E-state index contributed by atoms with van der Waals surface area (Å²) in [6.07, 6.45) is 0.0829. The Balaban J connectivity index is 2.68. The van der Waals surface area contributed by atoms with Crippen LogP contribution in [0.2, 0.25) is 0 Å². The van der Waals surface area contributed by atoms with Crippen molar-refractivity contribution in [3.05, 3.63) is 28.0 Å². The molecule has 0 saturated carbocycles. The van der Waals surface area contributed by atoms with Crippen molar-refractivity contribution in [3.8, 4) is 5.75 Å². The summed E-state index contributed by atoms with van der Waals surface area (Å²) in [5.74, 6) is -1.92. The van der Waals surface area contributed by atoms with Crippen LogP contribution in [0.5, 0.6) is 5.75 Å². The van der Waals surface area contributed by atoms with Gasteiger partial charge in [0.15, 0.2) is 11.6 Å². The number of carbonyl (C=O) groups is 1. The normalized spacial score (nSPS) is 10.7. The molecule has 0 aliphatic rings. The summed E-state index contributed by atoms with van der Waals surface area (Å²) in [6, 6.07) is 2.58. The van der Waals surface area contributed by atoms with Crippen molar-refractivity contribution in [3.63, 3.8) is 0 Å². The number of ether oxygens (including phenoxy) is 2. The lowest BCUT2D eigenvalue weighted by atomic mass is 10.2. The third-order valence-electron chi connectivity index (χ3n) is 2.07. The quantitative estimate of drug-likeness (QED) is 0.818. The second-order valence-corrected chi connectivity index (χ2v) is 4.61. The second kappa shape index (κ2) is 6.70. The van der Waals surface area contributed by atoms with Crippen molar-refractivity contribution in [1.29, 1.82) is 0 Å². The average molecular weight is 321 g/mol. The number of aromatic carboxylic acids is 1. The van der Waals surface area contributed by atoms with Crippen LogP contribution < -0.4 is 4.74 Å².